The Morgan fingerprint density at radius 3 is 2.65 bits per heavy atom. The van der Waals surface area contributed by atoms with Gasteiger partial charge >= 0.3 is 5.97 Å². The lowest BCUT2D eigenvalue weighted by Crippen LogP contribution is -2.34. The van der Waals surface area contributed by atoms with Crippen molar-refractivity contribution in [1.29, 1.82) is 0 Å². The standard InChI is InChI=1S/C13H16ClNO5/c1-19-9(6-12(16)17)7-15-13(18)10-5-8(14)3-4-11(10)20-2/h3-5,9H,6-7H2,1-2H3,(H,15,18)(H,16,17). The molecule has 0 spiro atoms. The fraction of sp³-hybridized carbons (Fsp3) is 0.385. The molecular formula is C13H16ClNO5. The number of benzene rings is 1. The molecule has 0 fully saturated rings. The van der Waals surface area contributed by atoms with Crippen molar-refractivity contribution in [3.63, 3.8) is 0 Å². The largest absolute Gasteiger partial charge is 0.496 e. The van der Waals surface area contributed by atoms with Crippen LogP contribution < -0.4 is 10.1 Å². The van der Waals surface area contributed by atoms with Crippen molar-refractivity contribution >= 4 is 23.5 Å². The number of rotatable bonds is 7. The molecule has 20 heavy (non-hydrogen) atoms. The minimum Gasteiger partial charge on any atom is -0.496 e. The molecule has 1 aromatic rings. The van der Waals surface area contributed by atoms with Gasteiger partial charge < -0.3 is 19.9 Å². The van der Waals surface area contributed by atoms with E-state index in [1.54, 1.807) is 12.1 Å². The molecule has 7 heteroatoms. The van der Waals surface area contributed by atoms with Gasteiger partial charge in [-0.25, -0.2) is 0 Å². The average molecular weight is 302 g/mol. The van der Waals surface area contributed by atoms with Crippen molar-refractivity contribution in [2.45, 2.75) is 12.5 Å². The third-order valence-corrected chi connectivity index (χ3v) is 2.87. The molecule has 0 aromatic heterocycles. The molecular weight excluding hydrogens is 286 g/mol. The number of aliphatic carboxylic acids is 1. The Hall–Kier alpha value is -1.79. The highest BCUT2D eigenvalue weighted by molar-refractivity contribution is 6.31. The molecule has 0 aliphatic heterocycles. The first kappa shape index (κ1) is 16.3. The van der Waals surface area contributed by atoms with Crippen LogP contribution in [0.1, 0.15) is 16.8 Å². The van der Waals surface area contributed by atoms with Crippen LogP contribution in [0.4, 0.5) is 0 Å². The van der Waals surface area contributed by atoms with Crippen LogP contribution in [0.25, 0.3) is 0 Å². The topological polar surface area (TPSA) is 84.9 Å². The Balaban J connectivity index is 2.71. The molecule has 2 N–H and O–H groups in total. The summed E-state index contributed by atoms with van der Waals surface area (Å²) in [5.41, 5.74) is 0.283. The van der Waals surface area contributed by atoms with Gasteiger partial charge in [-0.05, 0) is 18.2 Å². The predicted molar refractivity (Wildman–Crippen MR) is 73.4 cm³/mol. The molecule has 0 bridgehead atoms. The van der Waals surface area contributed by atoms with Gasteiger partial charge in [-0.1, -0.05) is 11.6 Å². The SMILES string of the molecule is COc1ccc(Cl)cc1C(=O)NCC(CC(=O)O)OC. The van der Waals surface area contributed by atoms with Crippen LogP contribution in [0.2, 0.25) is 5.02 Å². The quantitative estimate of drug-likeness (QED) is 0.798. The van der Waals surface area contributed by atoms with Crippen molar-refractivity contribution in [1.82, 2.24) is 5.32 Å². The van der Waals surface area contributed by atoms with E-state index in [0.29, 0.717) is 10.8 Å². The first-order chi connectivity index (χ1) is 9.47. The van der Waals surface area contributed by atoms with E-state index in [1.165, 1.54) is 20.3 Å². The molecule has 1 rings (SSSR count). The van der Waals surface area contributed by atoms with Crippen molar-refractivity contribution in [2.75, 3.05) is 20.8 Å². The van der Waals surface area contributed by atoms with Gasteiger partial charge in [-0.15, -0.1) is 0 Å². The second-order valence-corrected chi connectivity index (χ2v) is 4.45. The maximum absolute atomic E-state index is 12.0. The number of nitrogens with one attached hydrogen (secondary N) is 1. The van der Waals surface area contributed by atoms with Crippen LogP contribution in [0.5, 0.6) is 5.75 Å². The molecule has 0 saturated carbocycles. The van der Waals surface area contributed by atoms with Gasteiger partial charge in [0.05, 0.1) is 25.2 Å². The number of hydrogen-bond acceptors (Lipinski definition) is 4. The summed E-state index contributed by atoms with van der Waals surface area (Å²) < 4.78 is 10.0. The van der Waals surface area contributed by atoms with Gasteiger partial charge in [0.25, 0.3) is 5.91 Å². The number of methoxy groups -OCH3 is 2. The van der Waals surface area contributed by atoms with Crippen LogP contribution in [-0.2, 0) is 9.53 Å². The monoisotopic (exact) mass is 301 g/mol. The Morgan fingerprint density at radius 1 is 1.40 bits per heavy atom. The molecule has 0 saturated heterocycles. The van der Waals surface area contributed by atoms with E-state index in [2.05, 4.69) is 5.32 Å². The van der Waals surface area contributed by atoms with E-state index in [-0.39, 0.29) is 18.5 Å². The van der Waals surface area contributed by atoms with Gasteiger partial charge in [0.1, 0.15) is 5.75 Å². The zero-order valence-corrected chi connectivity index (χ0v) is 11.9. The third kappa shape index (κ3) is 4.71. The van der Waals surface area contributed by atoms with Gasteiger partial charge in [-0.3, -0.25) is 9.59 Å². The predicted octanol–water partition coefficient (Wildman–Crippen LogP) is 1.57. The lowest BCUT2D eigenvalue weighted by Gasteiger charge is -2.15. The second kappa shape index (κ2) is 7.72. The zero-order valence-electron chi connectivity index (χ0n) is 11.2. The summed E-state index contributed by atoms with van der Waals surface area (Å²) in [6.07, 6.45) is -0.787. The van der Waals surface area contributed by atoms with Gasteiger partial charge in [0.2, 0.25) is 0 Å². The van der Waals surface area contributed by atoms with Crippen molar-refractivity contribution < 1.29 is 24.2 Å². The zero-order chi connectivity index (χ0) is 15.1. The number of halogens is 1. The number of carboxylic acids is 1. The van der Waals surface area contributed by atoms with Gasteiger partial charge in [-0.2, -0.15) is 0 Å². The first-order valence-electron chi connectivity index (χ1n) is 5.84. The number of carbonyl (C=O) groups is 2. The highest BCUT2D eigenvalue weighted by atomic mass is 35.5. The molecule has 0 radical (unpaired) electrons. The summed E-state index contributed by atoms with van der Waals surface area (Å²) in [6.45, 7) is 0.0807. The molecule has 0 heterocycles. The molecule has 1 atom stereocenters. The Bertz CT molecular complexity index is 492. The Morgan fingerprint density at radius 2 is 2.10 bits per heavy atom. The molecule has 110 valence electrons. The lowest BCUT2D eigenvalue weighted by molar-refractivity contribution is -0.139. The van der Waals surface area contributed by atoms with E-state index in [1.807, 2.05) is 0 Å². The molecule has 6 nitrogen and oxygen atoms in total. The molecule has 0 aliphatic rings. The number of ether oxygens (including phenoxy) is 2. The first-order valence-corrected chi connectivity index (χ1v) is 6.22. The molecule has 1 aromatic carbocycles. The van der Waals surface area contributed by atoms with E-state index in [0.717, 1.165) is 0 Å². The van der Waals surface area contributed by atoms with E-state index >= 15 is 0 Å². The number of carboxylic acid groups (broad SMARTS) is 1. The minimum atomic E-state index is -0.994. The Kier molecular flexibility index (Phi) is 6.27. The Labute approximate surface area is 121 Å². The average Bonchev–Trinajstić information content (AvgIpc) is 2.42. The van der Waals surface area contributed by atoms with Crippen molar-refractivity contribution in [3.05, 3.63) is 28.8 Å². The summed E-state index contributed by atoms with van der Waals surface area (Å²) in [5.74, 6) is -1.01. The second-order valence-electron chi connectivity index (χ2n) is 4.01. The summed E-state index contributed by atoms with van der Waals surface area (Å²) in [4.78, 5) is 22.6. The van der Waals surface area contributed by atoms with Crippen molar-refractivity contribution in [3.8, 4) is 5.75 Å². The maximum atomic E-state index is 12.0. The van der Waals surface area contributed by atoms with Crippen molar-refractivity contribution in [2.24, 2.45) is 0 Å². The van der Waals surface area contributed by atoms with E-state index < -0.39 is 18.0 Å². The number of carbonyl (C=O) groups excluding carboxylic acids is 1. The third-order valence-electron chi connectivity index (χ3n) is 2.63. The summed E-state index contributed by atoms with van der Waals surface area (Å²) >= 11 is 5.84. The normalized spacial score (nSPS) is 11.8. The summed E-state index contributed by atoms with van der Waals surface area (Å²) in [7, 11) is 2.84. The van der Waals surface area contributed by atoms with Crippen LogP contribution in [0.3, 0.4) is 0 Å². The number of hydrogen-bond donors (Lipinski definition) is 2. The lowest BCUT2D eigenvalue weighted by atomic mass is 10.1. The molecule has 1 unspecified atom stereocenters. The number of amides is 1. The van der Waals surface area contributed by atoms with E-state index in [9.17, 15) is 9.59 Å². The fourth-order valence-electron chi connectivity index (χ4n) is 1.59. The van der Waals surface area contributed by atoms with Crippen LogP contribution >= 0.6 is 11.6 Å². The van der Waals surface area contributed by atoms with Crippen LogP contribution in [-0.4, -0.2) is 43.9 Å². The molecule has 0 aliphatic carbocycles. The molecule has 1 amide bonds. The van der Waals surface area contributed by atoms with Crippen LogP contribution in [0.15, 0.2) is 18.2 Å². The highest BCUT2D eigenvalue weighted by Crippen LogP contribution is 2.22. The fourth-order valence-corrected chi connectivity index (χ4v) is 1.77. The van der Waals surface area contributed by atoms with E-state index in [4.69, 9.17) is 26.2 Å². The van der Waals surface area contributed by atoms with Gasteiger partial charge in [0.15, 0.2) is 0 Å². The van der Waals surface area contributed by atoms with Gasteiger partial charge in [0, 0.05) is 18.7 Å². The smallest absolute Gasteiger partial charge is 0.306 e. The summed E-state index contributed by atoms with van der Waals surface area (Å²) in [6, 6.07) is 4.68. The highest BCUT2D eigenvalue weighted by Gasteiger charge is 2.17. The summed E-state index contributed by atoms with van der Waals surface area (Å²) in [5, 5.41) is 11.7. The maximum Gasteiger partial charge on any atom is 0.306 e. The minimum absolute atomic E-state index is 0.0807. The van der Waals surface area contributed by atoms with Crippen LogP contribution in [0, 0.1) is 0 Å².